The molecule has 1 amide bonds. The third-order valence-corrected chi connectivity index (χ3v) is 6.48. The van der Waals surface area contributed by atoms with E-state index >= 15 is 0 Å². The summed E-state index contributed by atoms with van der Waals surface area (Å²) in [6, 6.07) is 23.3. The van der Waals surface area contributed by atoms with Crippen molar-refractivity contribution in [3.8, 4) is 5.75 Å². The number of nitrogens with one attached hydrogen (secondary N) is 1. The SMILES string of the molecule is O=C(NCCOc1cccc2ccccc12)c1occc1CS(=O)(=O)c1ccccc1. The maximum absolute atomic E-state index is 12.6. The van der Waals surface area contributed by atoms with Crippen LogP contribution in [0.3, 0.4) is 0 Å². The maximum atomic E-state index is 12.6. The predicted molar refractivity (Wildman–Crippen MR) is 118 cm³/mol. The highest BCUT2D eigenvalue weighted by molar-refractivity contribution is 7.90. The number of carbonyl (C=O) groups excluding carboxylic acids is 1. The molecule has 1 heterocycles. The van der Waals surface area contributed by atoms with Crippen LogP contribution in [0.1, 0.15) is 16.1 Å². The van der Waals surface area contributed by atoms with Crippen molar-refractivity contribution in [2.24, 2.45) is 0 Å². The molecule has 0 unspecified atom stereocenters. The summed E-state index contributed by atoms with van der Waals surface area (Å²) in [5, 5.41) is 4.79. The quantitative estimate of drug-likeness (QED) is 0.419. The molecule has 6 nitrogen and oxygen atoms in total. The van der Waals surface area contributed by atoms with Crippen LogP contribution in [0.4, 0.5) is 0 Å². The standard InChI is InChI=1S/C24H21NO5S/c26-24(25-14-16-29-22-12-6-8-18-7-4-5-11-21(18)22)23-19(13-15-30-23)17-31(27,28)20-9-2-1-3-10-20/h1-13,15H,14,16-17H2,(H,25,26). The van der Waals surface area contributed by atoms with Gasteiger partial charge in [0.15, 0.2) is 15.6 Å². The van der Waals surface area contributed by atoms with E-state index in [2.05, 4.69) is 5.32 Å². The molecule has 0 radical (unpaired) electrons. The molecule has 31 heavy (non-hydrogen) atoms. The molecular formula is C24H21NO5S. The van der Waals surface area contributed by atoms with Gasteiger partial charge in [-0.15, -0.1) is 0 Å². The second-order valence-corrected chi connectivity index (χ2v) is 8.92. The van der Waals surface area contributed by atoms with Crippen molar-refractivity contribution >= 4 is 26.5 Å². The third kappa shape index (κ3) is 4.78. The van der Waals surface area contributed by atoms with Gasteiger partial charge < -0.3 is 14.5 Å². The van der Waals surface area contributed by atoms with E-state index in [9.17, 15) is 13.2 Å². The molecule has 0 aliphatic carbocycles. The van der Waals surface area contributed by atoms with Gasteiger partial charge >= 0.3 is 0 Å². The zero-order chi connectivity index (χ0) is 21.7. The number of hydrogen-bond donors (Lipinski definition) is 1. The van der Waals surface area contributed by atoms with Gasteiger partial charge in [0.2, 0.25) is 0 Å². The molecule has 7 heteroatoms. The van der Waals surface area contributed by atoms with Gasteiger partial charge in [-0.1, -0.05) is 54.6 Å². The molecule has 0 fully saturated rings. The van der Waals surface area contributed by atoms with Crippen LogP contribution in [0, 0.1) is 0 Å². The number of rotatable bonds is 8. The van der Waals surface area contributed by atoms with E-state index in [-0.39, 0.29) is 29.6 Å². The van der Waals surface area contributed by atoms with Crippen LogP contribution in [0.25, 0.3) is 10.8 Å². The Morgan fingerprint density at radius 2 is 1.65 bits per heavy atom. The van der Waals surface area contributed by atoms with Crippen LogP contribution < -0.4 is 10.1 Å². The Labute approximate surface area is 180 Å². The van der Waals surface area contributed by atoms with Crippen molar-refractivity contribution in [1.29, 1.82) is 0 Å². The van der Waals surface area contributed by atoms with Gasteiger partial charge in [-0.2, -0.15) is 0 Å². The lowest BCUT2D eigenvalue weighted by molar-refractivity contribution is 0.0918. The van der Waals surface area contributed by atoms with Crippen LogP contribution in [0.5, 0.6) is 5.75 Å². The summed E-state index contributed by atoms with van der Waals surface area (Å²) < 4.78 is 36.3. The van der Waals surface area contributed by atoms with E-state index in [1.807, 2.05) is 42.5 Å². The Kier molecular flexibility index (Phi) is 6.04. The predicted octanol–water partition coefficient (Wildman–Crippen LogP) is 4.22. The van der Waals surface area contributed by atoms with Crippen molar-refractivity contribution in [2.75, 3.05) is 13.2 Å². The topological polar surface area (TPSA) is 85.6 Å². The number of furan rings is 1. The first-order valence-corrected chi connectivity index (χ1v) is 11.4. The highest BCUT2D eigenvalue weighted by Crippen LogP contribution is 2.25. The highest BCUT2D eigenvalue weighted by atomic mass is 32.2. The monoisotopic (exact) mass is 435 g/mol. The summed E-state index contributed by atoms with van der Waals surface area (Å²) >= 11 is 0. The summed E-state index contributed by atoms with van der Waals surface area (Å²) in [6.07, 6.45) is 1.32. The summed E-state index contributed by atoms with van der Waals surface area (Å²) in [7, 11) is -3.59. The summed E-state index contributed by atoms with van der Waals surface area (Å²) in [5.74, 6) is -0.0718. The van der Waals surface area contributed by atoms with Gasteiger partial charge in [-0.05, 0) is 29.7 Å². The van der Waals surface area contributed by atoms with Gasteiger partial charge in [-0.3, -0.25) is 4.79 Å². The number of fused-ring (bicyclic) bond motifs is 1. The second-order valence-electron chi connectivity index (χ2n) is 6.93. The van der Waals surface area contributed by atoms with Crippen LogP contribution in [-0.4, -0.2) is 27.5 Å². The molecule has 4 aromatic rings. The first-order chi connectivity index (χ1) is 15.0. The number of sulfone groups is 1. The van der Waals surface area contributed by atoms with Gasteiger partial charge in [0.1, 0.15) is 12.4 Å². The first kappa shape index (κ1) is 20.7. The minimum atomic E-state index is -3.59. The Bertz CT molecular complexity index is 1290. The molecule has 0 aliphatic rings. The number of benzene rings is 3. The zero-order valence-corrected chi connectivity index (χ0v) is 17.5. The molecule has 0 atom stereocenters. The third-order valence-electron chi connectivity index (χ3n) is 4.80. The lowest BCUT2D eigenvalue weighted by Crippen LogP contribution is -2.28. The Morgan fingerprint density at radius 1 is 0.903 bits per heavy atom. The van der Waals surface area contributed by atoms with Crippen molar-refractivity contribution in [2.45, 2.75) is 10.6 Å². The minimum Gasteiger partial charge on any atom is -0.491 e. The van der Waals surface area contributed by atoms with Crippen molar-refractivity contribution in [1.82, 2.24) is 5.32 Å². The second kappa shape index (κ2) is 9.06. The van der Waals surface area contributed by atoms with Gasteiger partial charge in [0, 0.05) is 10.9 Å². The molecule has 0 bridgehead atoms. The molecule has 1 aromatic heterocycles. The lowest BCUT2D eigenvalue weighted by Gasteiger charge is -2.10. The Morgan fingerprint density at radius 3 is 2.48 bits per heavy atom. The van der Waals surface area contributed by atoms with Crippen LogP contribution in [-0.2, 0) is 15.6 Å². The van der Waals surface area contributed by atoms with E-state index in [0.29, 0.717) is 5.56 Å². The zero-order valence-electron chi connectivity index (χ0n) is 16.7. The molecular weight excluding hydrogens is 414 g/mol. The average Bonchev–Trinajstić information content (AvgIpc) is 3.25. The van der Waals surface area contributed by atoms with Gasteiger partial charge in [0.05, 0.1) is 23.5 Å². The molecule has 1 N–H and O–H groups in total. The fourth-order valence-corrected chi connectivity index (χ4v) is 4.67. The summed E-state index contributed by atoms with van der Waals surface area (Å²) in [5.41, 5.74) is 0.316. The smallest absolute Gasteiger partial charge is 0.287 e. The fourth-order valence-electron chi connectivity index (χ4n) is 3.29. The average molecular weight is 436 g/mol. The molecule has 4 rings (SSSR count). The van der Waals surface area contributed by atoms with Crippen LogP contribution in [0.15, 0.2) is 94.4 Å². The van der Waals surface area contributed by atoms with Crippen LogP contribution in [0.2, 0.25) is 0 Å². The first-order valence-electron chi connectivity index (χ1n) is 9.77. The number of carbonyl (C=O) groups is 1. The summed E-state index contributed by atoms with van der Waals surface area (Å²) in [4.78, 5) is 12.7. The maximum Gasteiger partial charge on any atom is 0.287 e. The lowest BCUT2D eigenvalue weighted by atomic mass is 10.1. The molecule has 0 spiro atoms. The number of amides is 1. The normalized spacial score (nSPS) is 11.4. The van der Waals surface area contributed by atoms with Crippen molar-refractivity contribution in [3.05, 3.63) is 96.4 Å². The Balaban J connectivity index is 1.36. The number of ether oxygens (including phenoxy) is 1. The van der Waals surface area contributed by atoms with Crippen LogP contribution >= 0.6 is 0 Å². The van der Waals surface area contributed by atoms with Gasteiger partial charge in [-0.25, -0.2) is 8.42 Å². The molecule has 158 valence electrons. The molecule has 0 saturated carbocycles. The molecule has 0 saturated heterocycles. The van der Waals surface area contributed by atoms with Gasteiger partial charge in [0.25, 0.3) is 5.91 Å². The van der Waals surface area contributed by atoms with E-state index in [1.54, 1.807) is 18.2 Å². The Hall–Kier alpha value is -3.58. The molecule has 0 aliphatic heterocycles. The summed E-state index contributed by atoms with van der Waals surface area (Å²) in [6.45, 7) is 0.506. The number of hydrogen-bond acceptors (Lipinski definition) is 5. The van der Waals surface area contributed by atoms with E-state index in [4.69, 9.17) is 9.15 Å². The van der Waals surface area contributed by atoms with E-state index < -0.39 is 15.7 Å². The largest absolute Gasteiger partial charge is 0.491 e. The molecule has 3 aromatic carbocycles. The van der Waals surface area contributed by atoms with Crippen molar-refractivity contribution < 1.29 is 22.4 Å². The van der Waals surface area contributed by atoms with E-state index in [1.165, 1.54) is 24.5 Å². The van der Waals surface area contributed by atoms with E-state index in [0.717, 1.165) is 16.5 Å². The highest BCUT2D eigenvalue weighted by Gasteiger charge is 2.22. The fraction of sp³-hybridized carbons (Fsp3) is 0.125. The van der Waals surface area contributed by atoms with Crippen molar-refractivity contribution in [3.63, 3.8) is 0 Å². The minimum absolute atomic E-state index is 0.00957.